The van der Waals surface area contributed by atoms with Crippen molar-refractivity contribution in [2.75, 3.05) is 11.4 Å². The topological polar surface area (TPSA) is 70.1 Å². The fourth-order valence-electron chi connectivity index (χ4n) is 3.94. The number of hydrogen-bond donors (Lipinski definition) is 0. The van der Waals surface area contributed by atoms with Crippen LogP contribution in [0.4, 0.5) is 14.6 Å². The molecule has 6 nitrogen and oxygen atoms in total. The molecule has 4 aromatic rings. The van der Waals surface area contributed by atoms with Gasteiger partial charge in [0, 0.05) is 18.3 Å². The Morgan fingerprint density at radius 1 is 1.03 bits per heavy atom. The molecule has 0 radical (unpaired) electrons. The van der Waals surface area contributed by atoms with Gasteiger partial charge in [-0.1, -0.05) is 0 Å². The molecular weight excluding hydrogens is 386 g/mol. The number of benzene rings is 1. The summed E-state index contributed by atoms with van der Waals surface area (Å²) in [5, 5.41) is 13.7. The zero-order valence-electron chi connectivity index (χ0n) is 15.8. The first-order chi connectivity index (χ1) is 14.6. The lowest BCUT2D eigenvalue weighted by atomic mass is 10.0. The molecule has 1 aliphatic rings. The van der Waals surface area contributed by atoms with E-state index in [2.05, 4.69) is 9.97 Å². The quantitative estimate of drug-likeness (QED) is 0.512. The van der Waals surface area contributed by atoms with Crippen molar-refractivity contribution < 1.29 is 8.78 Å². The average molecular weight is 402 g/mol. The average Bonchev–Trinajstić information content (AvgIpc) is 3.42. The third-order valence-corrected chi connectivity index (χ3v) is 5.37. The first-order valence-electron chi connectivity index (χ1n) is 9.57. The van der Waals surface area contributed by atoms with Crippen molar-refractivity contribution in [2.24, 2.45) is 0 Å². The molecular formula is C22H16F2N6. The summed E-state index contributed by atoms with van der Waals surface area (Å²) in [4.78, 5) is 10.7. The maximum absolute atomic E-state index is 14.4. The molecule has 1 aromatic carbocycles. The van der Waals surface area contributed by atoms with Gasteiger partial charge in [0.1, 0.15) is 29.2 Å². The molecule has 1 unspecified atom stereocenters. The van der Waals surface area contributed by atoms with Gasteiger partial charge in [-0.15, -0.1) is 5.10 Å². The second-order valence-electron chi connectivity index (χ2n) is 7.17. The van der Waals surface area contributed by atoms with E-state index < -0.39 is 11.6 Å². The Hall–Kier alpha value is -3.86. The van der Waals surface area contributed by atoms with Gasteiger partial charge in [-0.25, -0.2) is 18.3 Å². The highest BCUT2D eigenvalue weighted by Gasteiger charge is 2.30. The van der Waals surface area contributed by atoms with Crippen LogP contribution < -0.4 is 4.90 Å². The van der Waals surface area contributed by atoms with E-state index in [1.54, 1.807) is 22.8 Å². The molecule has 4 heterocycles. The van der Waals surface area contributed by atoms with Gasteiger partial charge >= 0.3 is 0 Å². The van der Waals surface area contributed by atoms with Gasteiger partial charge in [0.15, 0.2) is 5.65 Å². The SMILES string of the molecule is N#Cc1ccc(-c2cnc3ccc(N4CCCC4c4cc(F)ccc4F)nn23)nc1. The smallest absolute Gasteiger partial charge is 0.154 e. The first-order valence-corrected chi connectivity index (χ1v) is 9.57. The van der Waals surface area contributed by atoms with E-state index in [1.807, 2.05) is 23.1 Å². The number of anilines is 1. The molecule has 0 saturated carbocycles. The van der Waals surface area contributed by atoms with Crippen LogP contribution in [-0.2, 0) is 0 Å². The number of halogens is 2. The summed E-state index contributed by atoms with van der Waals surface area (Å²) in [7, 11) is 0. The molecule has 0 N–H and O–H groups in total. The molecule has 0 aliphatic carbocycles. The molecule has 0 amide bonds. The van der Waals surface area contributed by atoms with E-state index in [1.165, 1.54) is 18.3 Å². The summed E-state index contributed by atoms with van der Waals surface area (Å²) < 4.78 is 29.8. The van der Waals surface area contributed by atoms with Gasteiger partial charge < -0.3 is 4.90 Å². The molecule has 1 aliphatic heterocycles. The van der Waals surface area contributed by atoms with E-state index in [9.17, 15) is 8.78 Å². The van der Waals surface area contributed by atoms with E-state index in [0.29, 0.717) is 46.9 Å². The summed E-state index contributed by atoms with van der Waals surface area (Å²) in [6.07, 6.45) is 4.75. The van der Waals surface area contributed by atoms with Crippen LogP contribution in [0.3, 0.4) is 0 Å². The standard InChI is InChI=1S/C22H16F2N6/c23-15-4-5-17(24)16(10-15)19-2-1-9-29(19)22-8-7-21-27-13-20(30(21)28-22)18-6-3-14(11-25)12-26-18/h3-8,10,12-13,19H,1-2,9H2. The number of nitrogens with zero attached hydrogens (tertiary/aromatic N) is 6. The Bertz CT molecular complexity index is 1280. The molecule has 1 fully saturated rings. The lowest BCUT2D eigenvalue weighted by Gasteiger charge is -2.26. The fraction of sp³-hybridized carbons (Fsp3) is 0.182. The maximum atomic E-state index is 14.4. The zero-order valence-corrected chi connectivity index (χ0v) is 15.8. The molecule has 0 spiro atoms. The van der Waals surface area contributed by atoms with E-state index in [0.717, 1.165) is 12.5 Å². The van der Waals surface area contributed by atoms with Gasteiger partial charge in [-0.2, -0.15) is 5.26 Å². The van der Waals surface area contributed by atoms with Crippen molar-refractivity contribution >= 4 is 11.5 Å². The molecule has 1 atom stereocenters. The largest absolute Gasteiger partial charge is 0.348 e. The maximum Gasteiger partial charge on any atom is 0.154 e. The fourth-order valence-corrected chi connectivity index (χ4v) is 3.94. The summed E-state index contributed by atoms with van der Waals surface area (Å²) >= 11 is 0. The number of rotatable bonds is 3. The van der Waals surface area contributed by atoms with Gasteiger partial charge in [0.25, 0.3) is 0 Å². The molecule has 0 bridgehead atoms. The zero-order chi connectivity index (χ0) is 20.7. The molecule has 1 saturated heterocycles. The number of imidazole rings is 1. The molecule has 5 rings (SSSR count). The van der Waals surface area contributed by atoms with E-state index >= 15 is 0 Å². The number of pyridine rings is 1. The van der Waals surface area contributed by atoms with Crippen molar-refractivity contribution in [3.05, 3.63) is 77.6 Å². The Kier molecular flexibility index (Phi) is 4.36. The van der Waals surface area contributed by atoms with E-state index in [4.69, 9.17) is 10.4 Å². The number of hydrogen-bond acceptors (Lipinski definition) is 5. The normalized spacial score (nSPS) is 16.2. The van der Waals surface area contributed by atoms with Crippen LogP contribution in [0.2, 0.25) is 0 Å². The monoisotopic (exact) mass is 402 g/mol. The first kappa shape index (κ1) is 18.2. The Balaban J connectivity index is 1.56. The number of aromatic nitrogens is 4. The number of fused-ring (bicyclic) bond motifs is 1. The predicted octanol–water partition coefficient (Wildman–Crippen LogP) is 4.28. The second kappa shape index (κ2) is 7.19. The number of nitriles is 1. The van der Waals surface area contributed by atoms with Crippen molar-refractivity contribution in [3.8, 4) is 17.5 Å². The van der Waals surface area contributed by atoms with Crippen LogP contribution in [0.1, 0.15) is 30.0 Å². The third kappa shape index (κ3) is 3.05. The van der Waals surface area contributed by atoms with Crippen molar-refractivity contribution in [1.29, 1.82) is 5.26 Å². The van der Waals surface area contributed by atoms with Crippen LogP contribution in [0.5, 0.6) is 0 Å². The van der Waals surface area contributed by atoms with Gasteiger partial charge in [0.2, 0.25) is 0 Å². The summed E-state index contributed by atoms with van der Waals surface area (Å²) in [6, 6.07) is 12.4. The van der Waals surface area contributed by atoms with Crippen molar-refractivity contribution in [2.45, 2.75) is 18.9 Å². The molecule has 8 heteroatoms. The van der Waals surface area contributed by atoms with Crippen LogP contribution in [-0.4, -0.2) is 26.1 Å². The minimum absolute atomic E-state index is 0.286. The van der Waals surface area contributed by atoms with Crippen molar-refractivity contribution in [1.82, 2.24) is 19.6 Å². The summed E-state index contributed by atoms with van der Waals surface area (Å²) in [5.74, 6) is -0.216. The van der Waals surface area contributed by atoms with Crippen LogP contribution >= 0.6 is 0 Å². The molecule has 3 aromatic heterocycles. The van der Waals surface area contributed by atoms with Gasteiger partial charge in [0.05, 0.1) is 23.5 Å². The predicted molar refractivity (Wildman–Crippen MR) is 107 cm³/mol. The lowest BCUT2D eigenvalue weighted by molar-refractivity contribution is 0.559. The minimum atomic E-state index is -0.453. The summed E-state index contributed by atoms with van der Waals surface area (Å²) in [6.45, 7) is 0.693. The van der Waals surface area contributed by atoms with Crippen molar-refractivity contribution in [3.63, 3.8) is 0 Å². The summed E-state index contributed by atoms with van der Waals surface area (Å²) in [5.41, 5.74) is 2.78. The Labute approximate surface area is 171 Å². The highest BCUT2D eigenvalue weighted by Crippen LogP contribution is 2.36. The molecule has 30 heavy (non-hydrogen) atoms. The minimum Gasteiger partial charge on any atom is -0.348 e. The van der Waals surface area contributed by atoms with E-state index in [-0.39, 0.29) is 6.04 Å². The molecule has 148 valence electrons. The lowest BCUT2D eigenvalue weighted by Crippen LogP contribution is -2.25. The second-order valence-corrected chi connectivity index (χ2v) is 7.17. The Morgan fingerprint density at radius 2 is 1.93 bits per heavy atom. The highest BCUT2D eigenvalue weighted by molar-refractivity contribution is 5.61. The highest BCUT2D eigenvalue weighted by atomic mass is 19.1. The van der Waals surface area contributed by atoms with Crippen LogP contribution in [0.25, 0.3) is 17.0 Å². The van der Waals surface area contributed by atoms with Gasteiger partial charge in [-0.05, 0) is 55.3 Å². The van der Waals surface area contributed by atoms with Crippen LogP contribution in [0, 0.1) is 23.0 Å². The van der Waals surface area contributed by atoms with Crippen LogP contribution in [0.15, 0.2) is 54.9 Å². The Morgan fingerprint density at radius 3 is 2.73 bits per heavy atom. The third-order valence-electron chi connectivity index (χ3n) is 5.37. The van der Waals surface area contributed by atoms with Gasteiger partial charge in [-0.3, -0.25) is 4.98 Å².